The molecular weight excluding hydrogens is 341 g/mol. The maximum absolute atomic E-state index is 11.1. The Labute approximate surface area is 147 Å². The Kier molecular flexibility index (Phi) is 9.52. The van der Waals surface area contributed by atoms with Crippen LogP contribution in [0.1, 0.15) is 11.3 Å². The molecule has 1 aromatic carbocycles. The lowest BCUT2D eigenvalue weighted by molar-refractivity contribution is -0.150. The summed E-state index contributed by atoms with van der Waals surface area (Å²) in [6, 6.07) is 7.92. The molecule has 23 heavy (non-hydrogen) atoms. The second-order valence-corrected chi connectivity index (χ2v) is 4.75. The number of ether oxygens (including phenoxy) is 1. The minimum absolute atomic E-state index is 0. The number of para-hydroxylation sites is 1. The summed E-state index contributed by atoms with van der Waals surface area (Å²) in [4.78, 5) is 15.4. The van der Waals surface area contributed by atoms with E-state index in [0.717, 1.165) is 11.3 Å². The van der Waals surface area contributed by atoms with Gasteiger partial charge in [0, 0.05) is 24.8 Å². The van der Waals surface area contributed by atoms with E-state index in [4.69, 9.17) is 15.6 Å². The number of nitrogens with zero attached hydrogens (tertiary/aromatic N) is 2. The molecule has 0 aliphatic heterocycles. The first-order valence-electron chi connectivity index (χ1n) is 6.75. The number of carboxylic acid groups (broad SMARTS) is 1. The zero-order valence-corrected chi connectivity index (χ0v) is 14.3. The second kappa shape index (κ2) is 10.2. The number of carbonyl (C=O) groups is 1. The molecule has 2 aromatic rings. The van der Waals surface area contributed by atoms with Gasteiger partial charge in [0.1, 0.15) is 0 Å². The zero-order chi connectivity index (χ0) is 15.2. The van der Waals surface area contributed by atoms with Gasteiger partial charge in [0.25, 0.3) is 0 Å². The number of aromatic nitrogens is 2. The Hall–Kier alpha value is -1.60. The minimum Gasteiger partial charge on any atom is -0.479 e. The topological polar surface area (TPSA) is 90.4 Å². The standard InChI is InChI=1S/C15H19N3O3.2ClH/c1-11-4-2-3-5-13(11)18-9-12(17-10-18)8-14(15(19)20)21-7-6-16;;/h2-5,9-10,14H,6-8,16H2,1H3,(H,19,20);2*1H. The molecule has 1 unspecified atom stereocenters. The molecule has 0 radical (unpaired) electrons. The van der Waals surface area contributed by atoms with Crippen LogP contribution in [0.5, 0.6) is 0 Å². The van der Waals surface area contributed by atoms with E-state index in [1.54, 1.807) is 6.33 Å². The third-order valence-electron chi connectivity index (χ3n) is 3.14. The molecule has 1 atom stereocenters. The first-order chi connectivity index (χ1) is 10.1. The van der Waals surface area contributed by atoms with E-state index >= 15 is 0 Å². The third kappa shape index (κ3) is 5.84. The average Bonchev–Trinajstić information content (AvgIpc) is 2.92. The highest BCUT2D eigenvalue weighted by atomic mass is 35.5. The number of rotatable bonds is 7. The molecule has 3 N–H and O–H groups in total. The summed E-state index contributed by atoms with van der Waals surface area (Å²) in [6.45, 7) is 2.52. The maximum Gasteiger partial charge on any atom is 0.333 e. The Bertz CT molecular complexity index is 620. The minimum atomic E-state index is -1.01. The van der Waals surface area contributed by atoms with Crippen molar-refractivity contribution in [3.8, 4) is 5.69 Å². The summed E-state index contributed by atoms with van der Waals surface area (Å²) >= 11 is 0. The maximum atomic E-state index is 11.1. The number of aliphatic carboxylic acids is 1. The van der Waals surface area contributed by atoms with Crippen LogP contribution >= 0.6 is 24.8 Å². The number of carboxylic acids is 1. The highest BCUT2D eigenvalue weighted by molar-refractivity contribution is 5.85. The molecule has 0 fully saturated rings. The summed E-state index contributed by atoms with van der Waals surface area (Å²) in [5.74, 6) is -1.01. The molecular formula is C15H21Cl2N3O3. The fourth-order valence-corrected chi connectivity index (χ4v) is 2.07. The summed E-state index contributed by atoms with van der Waals surface area (Å²) in [7, 11) is 0. The predicted octanol–water partition coefficient (Wildman–Crippen LogP) is 2.00. The van der Waals surface area contributed by atoms with Gasteiger partial charge < -0.3 is 20.1 Å². The number of aryl methyl sites for hydroxylation is 1. The fraction of sp³-hybridized carbons (Fsp3) is 0.333. The van der Waals surface area contributed by atoms with Crippen molar-refractivity contribution in [2.24, 2.45) is 5.73 Å². The van der Waals surface area contributed by atoms with Crippen LogP contribution in [0, 0.1) is 6.92 Å². The lowest BCUT2D eigenvalue weighted by Crippen LogP contribution is -2.28. The summed E-state index contributed by atoms with van der Waals surface area (Å²) in [5, 5.41) is 9.13. The molecule has 0 aliphatic carbocycles. The summed E-state index contributed by atoms with van der Waals surface area (Å²) in [5.41, 5.74) is 8.14. The fourth-order valence-electron chi connectivity index (χ4n) is 2.07. The van der Waals surface area contributed by atoms with E-state index in [0.29, 0.717) is 12.2 Å². The van der Waals surface area contributed by atoms with Gasteiger partial charge in [0.2, 0.25) is 0 Å². The average molecular weight is 362 g/mol. The van der Waals surface area contributed by atoms with Crippen molar-refractivity contribution in [3.05, 3.63) is 48.0 Å². The molecule has 1 aromatic heterocycles. The quantitative estimate of drug-likeness (QED) is 0.786. The van der Waals surface area contributed by atoms with Gasteiger partial charge in [-0.15, -0.1) is 24.8 Å². The van der Waals surface area contributed by atoms with Gasteiger partial charge in [-0.05, 0) is 18.6 Å². The van der Waals surface area contributed by atoms with Crippen LogP contribution in [0.15, 0.2) is 36.8 Å². The van der Waals surface area contributed by atoms with Gasteiger partial charge in [-0.3, -0.25) is 0 Å². The van der Waals surface area contributed by atoms with Crippen LogP contribution in [0.4, 0.5) is 0 Å². The van der Waals surface area contributed by atoms with E-state index < -0.39 is 12.1 Å². The van der Waals surface area contributed by atoms with E-state index in [1.807, 2.05) is 42.0 Å². The van der Waals surface area contributed by atoms with Crippen LogP contribution in [-0.2, 0) is 16.0 Å². The van der Waals surface area contributed by atoms with Gasteiger partial charge in [0.15, 0.2) is 6.10 Å². The van der Waals surface area contributed by atoms with Crippen LogP contribution in [0.25, 0.3) is 5.69 Å². The van der Waals surface area contributed by atoms with E-state index in [1.165, 1.54) is 0 Å². The third-order valence-corrected chi connectivity index (χ3v) is 3.14. The van der Waals surface area contributed by atoms with Gasteiger partial charge in [-0.2, -0.15) is 0 Å². The van der Waals surface area contributed by atoms with Crippen molar-refractivity contribution < 1.29 is 14.6 Å². The summed E-state index contributed by atoms with van der Waals surface area (Å²) < 4.78 is 7.10. The Morgan fingerprint density at radius 3 is 2.70 bits per heavy atom. The Morgan fingerprint density at radius 1 is 1.39 bits per heavy atom. The molecule has 0 saturated heterocycles. The van der Waals surface area contributed by atoms with E-state index in [2.05, 4.69) is 4.98 Å². The van der Waals surface area contributed by atoms with Crippen molar-refractivity contribution in [3.63, 3.8) is 0 Å². The van der Waals surface area contributed by atoms with Crippen LogP contribution in [0.2, 0.25) is 0 Å². The molecule has 6 nitrogen and oxygen atoms in total. The number of benzene rings is 1. The molecule has 128 valence electrons. The van der Waals surface area contributed by atoms with Gasteiger partial charge >= 0.3 is 5.97 Å². The molecule has 0 spiro atoms. The van der Waals surface area contributed by atoms with Crippen molar-refractivity contribution in [1.82, 2.24) is 9.55 Å². The normalized spacial score (nSPS) is 11.2. The van der Waals surface area contributed by atoms with Crippen molar-refractivity contribution in [2.75, 3.05) is 13.2 Å². The van der Waals surface area contributed by atoms with Gasteiger partial charge in [-0.1, -0.05) is 18.2 Å². The van der Waals surface area contributed by atoms with Crippen LogP contribution in [-0.4, -0.2) is 39.9 Å². The van der Waals surface area contributed by atoms with Crippen molar-refractivity contribution in [2.45, 2.75) is 19.4 Å². The Morgan fingerprint density at radius 2 is 2.09 bits per heavy atom. The van der Waals surface area contributed by atoms with Crippen molar-refractivity contribution in [1.29, 1.82) is 0 Å². The second-order valence-electron chi connectivity index (χ2n) is 4.75. The van der Waals surface area contributed by atoms with Gasteiger partial charge in [0.05, 0.1) is 18.6 Å². The lowest BCUT2D eigenvalue weighted by atomic mass is 10.2. The molecule has 0 amide bonds. The SMILES string of the molecule is Cc1ccccc1-n1cnc(CC(OCCN)C(=O)O)c1.Cl.Cl. The molecule has 2 rings (SSSR count). The first-order valence-corrected chi connectivity index (χ1v) is 6.75. The van der Waals surface area contributed by atoms with Crippen LogP contribution in [0.3, 0.4) is 0 Å². The largest absolute Gasteiger partial charge is 0.479 e. The summed E-state index contributed by atoms with van der Waals surface area (Å²) in [6.07, 6.45) is 2.80. The monoisotopic (exact) mass is 361 g/mol. The smallest absolute Gasteiger partial charge is 0.333 e. The molecule has 8 heteroatoms. The highest BCUT2D eigenvalue weighted by Crippen LogP contribution is 2.14. The lowest BCUT2D eigenvalue weighted by Gasteiger charge is -2.11. The van der Waals surface area contributed by atoms with E-state index in [-0.39, 0.29) is 37.8 Å². The number of imidazole rings is 1. The number of halogens is 2. The Balaban J connectivity index is 0.00000242. The highest BCUT2D eigenvalue weighted by Gasteiger charge is 2.19. The zero-order valence-electron chi connectivity index (χ0n) is 12.7. The van der Waals surface area contributed by atoms with E-state index in [9.17, 15) is 4.79 Å². The molecule has 0 bridgehead atoms. The molecule has 1 heterocycles. The predicted molar refractivity (Wildman–Crippen MR) is 92.9 cm³/mol. The number of nitrogens with two attached hydrogens (primary N) is 1. The molecule has 0 saturated carbocycles. The molecule has 0 aliphatic rings. The van der Waals surface area contributed by atoms with Gasteiger partial charge in [-0.25, -0.2) is 9.78 Å². The first kappa shape index (κ1) is 21.4. The van der Waals surface area contributed by atoms with Crippen LogP contribution < -0.4 is 5.73 Å². The number of hydrogen-bond acceptors (Lipinski definition) is 4. The van der Waals surface area contributed by atoms with Crippen molar-refractivity contribution >= 4 is 30.8 Å². The number of hydrogen-bond donors (Lipinski definition) is 2.